The monoisotopic (exact) mass is 196 g/mol. The maximum Gasteiger partial charge on any atom is 0.323 e. The van der Waals surface area contributed by atoms with Crippen LogP contribution < -0.4 is 5.73 Å². The smallest absolute Gasteiger partial charge is 0.323 e. The Morgan fingerprint density at radius 3 is 2.71 bits per heavy atom. The molecule has 0 amide bonds. The van der Waals surface area contributed by atoms with E-state index in [1.54, 1.807) is 19.2 Å². The summed E-state index contributed by atoms with van der Waals surface area (Å²) in [5.74, 6) is -1.24. The summed E-state index contributed by atoms with van der Waals surface area (Å²) >= 11 is 0. The fourth-order valence-electron chi connectivity index (χ4n) is 1.08. The number of aliphatic hydroxyl groups excluding tert-OH is 1. The maximum atomic E-state index is 10.5. The van der Waals surface area contributed by atoms with Gasteiger partial charge in [0.15, 0.2) is 0 Å². The summed E-state index contributed by atoms with van der Waals surface area (Å²) in [7, 11) is 0. The van der Waals surface area contributed by atoms with Crippen molar-refractivity contribution in [2.45, 2.75) is 19.1 Å². The van der Waals surface area contributed by atoms with Crippen LogP contribution in [-0.4, -0.2) is 27.2 Å². The van der Waals surface area contributed by atoms with Gasteiger partial charge in [0.05, 0.1) is 0 Å². The van der Waals surface area contributed by atoms with Gasteiger partial charge in [-0.05, 0) is 12.5 Å². The Labute approximate surface area is 81.2 Å². The fraction of sp³-hybridized carbons (Fsp3) is 0.333. The van der Waals surface area contributed by atoms with Gasteiger partial charge in [0.2, 0.25) is 0 Å². The molecule has 1 rings (SSSR count). The lowest BCUT2D eigenvalue weighted by molar-refractivity contribution is -0.141. The van der Waals surface area contributed by atoms with Crippen molar-refractivity contribution in [2.75, 3.05) is 0 Å². The molecule has 0 saturated carbocycles. The molecule has 0 saturated heterocycles. The van der Waals surface area contributed by atoms with Crippen LogP contribution in [0.5, 0.6) is 0 Å². The number of aromatic nitrogens is 1. The van der Waals surface area contributed by atoms with Crippen LogP contribution in [0, 0.1) is 6.92 Å². The second-order valence-electron chi connectivity index (χ2n) is 3.10. The van der Waals surface area contributed by atoms with Gasteiger partial charge < -0.3 is 15.9 Å². The van der Waals surface area contributed by atoms with Gasteiger partial charge in [-0.25, -0.2) is 0 Å². The lowest BCUT2D eigenvalue weighted by atomic mass is 10.0. The molecule has 14 heavy (non-hydrogen) atoms. The van der Waals surface area contributed by atoms with Gasteiger partial charge in [-0.1, -0.05) is 6.07 Å². The van der Waals surface area contributed by atoms with E-state index in [1.165, 1.54) is 6.20 Å². The Bertz CT molecular complexity index is 341. The Morgan fingerprint density at radius 2 is 2.21 bits per heavy atom. The zero-order valence-corrected chi connectivity index (χ0v) is 7.71. The topological polar surface area (TPSA) is 96.4 Å². The summed E-state index contributed by atoms with van der Waals surface area (Å²) in [5, 5.41) is 18.1. The Morgan fingerprint density at radius 1 is 1.57 bits per heavy atom. The minimum Gasteiger partial charge on any atom is -0.480 e. The Kier molecular flexibility index (Phi) is 3.16. The van der Waals surface area contributed by atoms with Gasteiger partial charge >= 0.3 is 5.97 Å². The number of hydrogen-bond acceptors (Lipinski definition) is 4. The van der Waals surface area contributed by atoms with Gasteiger partial charge in [0.1, 0.15) is 12.1 Å². The van der Waals surface area contributed by atoms with Gasteiger partial charge in [-0.15, -0.1) is 0 Å². The van der Waals surface area contributed by atoms with E-state index < -0.39 is 18.1 Å². The van der Waals surface area contributed by atoms with E-state index >= 15 is 0 Å². The molecule has 0 radical (unpaired) electrons. The highest BCUT2D eigenvalue weighted by Crippen LogP contribution is 2.15. The number of nitrogens with two attached hydrogens (primary N) is 1. The van der Waals surface area contributed by atoms with E-state index in [9.17, 15) is 9.90 Å². The first-order valence-corrected chi connectivity index (χ1v) is 4.10. The van der Waals surface area contributed by atoms with E-state index in [2.05, 4.69) is 4.98 Å². The molecule has 76 valence electrons. The van der Waals surface area contributed by atoms with Crippen LogP contribution in [0.15, 0.2) is 18.5 Å². The van der Waals surface area contributed by atoms with E-state index in [4.69, 9.17) is 10.8 Å². The van der Waals surface area contributed by atoms with Crippen molar-refractivity contribution in [3.63, 3.8) is 0 Å². The minimum atomic E-state index is -1.32. The third-order valence-electron chi connectivity index (χ3n) is 1.86. The van der Waals surface area contributed by atoms with Crippen molar-refractivity contribution >= 4 is 5.97 Å². The van der Waals surface area contributed by atoms with Crippen molar-refractivity contribution in [1.82, 2.24) is 4.98 Å². The minimum absolute atomic E-state index is 0.417. The molecule has 1 aromatic rings. The zero-order chi connectivity index (χ0) is 10.7. The van der Waals surface area contributed by atoms with Crippen molar-refractivity contribution < 1.29 is 15.0 Å². The van der Waals surface area contributed by atoms with Crippen LogP contribution in [0.2, 0.25) is 0 Å². The predicted octanol–water partition coefficient (Wildman–Crippen LogP) is -0.165. The number of aliphatic hydroxyl groups is 1. The highest BCUT2D eigenvalue weighted by atomic mass is 16.4. The van der Waals surface area contributed by atoms with Crippen molar-refractivity contribution in [3.8, 4) is 0 Å². The van der Waals surface area contributed by atoms with E-state index in [0.717, 1.165) is 5.56 Å². The molecule has 1 aromatic heterocycles. The lowest BCUT2D eigenvalue weighted by Gasteiger charge is -2.14. The van der Waals surface area contributed by atoms with Crippen LogP contribution in [0.4, 0.5) is 0 Å². The molecule has 4 N–H and O–H groups in total. The zero-order valence-electron chi connectivity index (χ0n) is 7.71. The first kappa shape index (κ1) is 10.6. The van der Waals surface area contributed by atoms with Gasteiger partial charge in [-0.3, -0.25) is 9.78 Å². The quantitative estimate of drug-likeness (QED) is 0.624. The number of aryl methyl sites for hydroxylation is 1. The van der Waals surface area contributed by atoms with E-state index in [-0.39, 0.29) is 0 Å². The number of carboxylic acid groups (broad SMARTS) is 1. The number of carbonyl (C=O) groups is 1. The van der Waals surface area contributed by atoms with Crippen LogP contribution in [-0.2, 0) is 4.79 Å². The second kappa shape index (κ2) is 4.17. The van der Waals surface area contributed by atoms with Crippen molar-refractivity contribution in [1.29, 1.82) is 0 Å². The molecule has 0 fully saturated rings. The Hall–Kier alpha value is -1.46. The first-order chi connectivity index (χ1) is 6.52. The standard InChI is InChI=1S/C9H12N2O3/c1-5-2-6(4-11-3-5)8(12)7(10)9(13)14/h2-4,7-8,12H,10H2,1H3,(H,13,14). The summed E-state index contributed by atoms with van der Waals surface area (Å²) in [4.78, 5) is 14.3. The van der Waals surface area contributed by atoms with Gasteiger partial charge in [0, 0.05) is 18.0 Å². The fourth-order valence-corrected chi connectivity index (χ4v) is 1.08. The summed E-state index contributed by atoms with van der Waals surface area (Å²) in [6, 6.07) is 0.332. The molecular weight excluding hydrogens is 184 g/mol. The average Bonchev–Trinajstić information content (AvgIpc) is 2.15. The normalized spacial score (nSPS) is 14.8. The first-order valence-electron chi connectivity index (χ1n) is 4.10. The van der Waals surface area contributed by atoms with Crippen LogP contribution in [0.25, 0.3) is 0 Å². The van der Waals surface area contributed by atoms with Gasteiger partial charge in [0.25, 0.3) is 0 Å². The average molecular weight is 196 g/mol. The predicted molar refractivity (Wildman–Crippen MR) is 49.5 cm³/mol. The molecule has 0 aliphatic carbocycles. The van der Waals surface area contributed by atoms with Crippen LogP contribution in [0.1, 0.15) is 17.2 Å². The van der Waals surface area contributed by atoms with Crippen molar-refractivity contribution in [3.05, 3.63) is 29.6 Å². The molecule has 5 nitrogen and oxygen atoms in total. The number of nitrogens with zero attached hydrogens (tertiary/aromatic N) is 1. The van der Waals surface area contributed by atoms with Crippen molar-refractivity contribution in [2.24, 2.45) is 5.73 Å². The van der Waals surface area contributed by atoms with Gasteiger partial charge in [-0.2, -0.15) is 0 Å². The molecule has 0 bridgehead atoms. The van der Waals surface area contributed by atoms with E-state index in [1.807, 2.05) is 0 Å². The molecular formula is C9H12N2O3. The third kappa shape index (κ3) is 2.27. The largest absolute Gasteiger partial charge is 0.480 e. The molecule has 2 unspecified atom stereocenters. The summed E-state index contributed by atoms with van der Waals surface area (Å²) < 4.78 is 0. The third-order valence-corrected chi connectivity index (χ3v) is 1.86. The number of carboxylic acids is 1. The summed E-state index contributed by atoms with van der Waals surface area (Å²) in [5.41, 5.74) is 6.53. The number of rotatable bonds is 3. The molecule has 0 aliphatic heterocycles. The second-order valence-corrected chi connectivity index (χ2v) is 3.10. The molecule has 2 atom stereocenters. The molecule has 0 aromatic carbocycles. The van der Waals surface area contributed by atoms with Crippen LogP contribution in [0.3, 0.4) is 0 Å². The number of aliphatic carboxylic acids is 1. The summed E-state index contributed by atoms with van der Waals surface area (Å²) in [6.07, 6.45) is 1.79. The summed E-state index contributed by atoms with van der Waals surface area (Å²) in [6.45, 7) is 1.80. The molecule has 1 heterocycles. The Balaban J connectivity index is 2.89. The van der Waals surface area contributed by atoms with Crippen LogP contribution >= 0.6 is 0 Å². The van der Waals surface area contributed by atoms with E-state index in [0.29, 0.717) is 5.56 Å². The molecule has 5 heteroatoms. The SMILES string of the molecule is Cc1cncc(C(O)C(N)C(=O)O)c1. The highest BCUT2D eigenvalue weighted by molar-refractivity contribution is 5.74. The molecule has 0 aliphatic rings. The highest BCUT2D eigenvalue weighted by Gasteiger charge is 2.23. The lowest BCUT2D eigenvalue weighted by Crippen LogP contribution is -2.36. The number of hydrogen-bond donors (Lipinski definition) is 3. The molecule has 0 spiro atoms. The number of pyridine rings is 1. The maximum absolute atomic E-state index is 10.5.